The van der Waals surface area contributed by atoms with Gasteiger partial charge in [0.15, 0.2) is 0 Å². The summed E-state index contributed by atoms with van der Waals surface area (Å²) >= 11 is 0. The summed E-state index contributed by atoms with van der Waals surface area (Å²) in [6.07, 6.45) is 0.851. The van der Waals surface area contributed by atoms with E-state index in [1.165, 1.54) is 0 Å². The topological polar surface area (TPSA) is 73.6 Å². The van der Waals surface area contributed by atoms with E-state index in [1.54, 1.807) is 32.4 Å². The van der Waals surface area contributed by atoms with Crippen molar-refractivity contribution in [1.82, 2.24) is 5.32 Å². The van der Waals surface area contributed by atoms with Gasteiger partial charge in [-0.15, -0.1) is 0 Å². The number of carbonyl (C=O) groups is 1. The third kappa shape index (κ3) is 4.74. The van der Waals surface area contributed by atoms with Gasteiger partial charge in [-0.3, -0.25) is 4.79 Å². The van der Waals surface area contributed by atoms with Crippen molar-refractivity contribution in [2.45, 2.75) is 26.3 Å². The van der Waals surface area contributed by atoms with E-state index < -0.39 is 0 Å². The van der Waals surface area contributed by atoms with Gasteiger partial charge in [-0.1, -0.05) is 13.8 Å². The first kappa shape index (κ1) is 16.3. The molecule has 1 unspecified atom stereocenters. The van der Waals surface area contributed by atoms with Crippen molar-refractivity contribution in [1.29, 1.82) is 0 Å². The first-order chi connectivity index (χ1) is 9.49. The molecule has 5 heteroatoms. The fourth-order valence-electron chi connectivity index (χ4n) is 1.99. The van der Waals surface area contributed by atoms with E-state index in [2.05, 4.69) is 19.2 Å². The van der Waals surface area contributed by atoms with Crippen molar-refractivity contribution in [2.24, 2.45) is 11.7 Å². The van der Waals surface area contributed by atoms with Gasteiger partial charge in [0.2, 0.25) is 0 Å². The van der Waals surface area contributed by atoms with E-state index in [1.807, 2.05) is 0 Å². The van der Waals surface area contributed by atoms with Crippen molar-refractivity contribution < 1.29 is 14.3 Å². The number of ether oxygens (including phenoxy) is 2. The molecule has 1 atom stereocenters. The van der Waals surface area contributed by atoms with Crippen LogP contribution in [-0.4, -0.2) is 32.7 Å². The number of benzene rings is 1. The average molecular weight is 280 g/mol. The van der Waals surface area contributed by atoms with Crippen LogP contribution in [0, 0.1) is 5.92 Å². The highest BCUT2D eigenvalue weighted by Gasteiger charge is 2.15. The molecule has 112 valence electrons. The Balaban J connectivity index is 2.85. The zero-order chi connectivity index (χ0) is 15.1. The predicted octanol–water partition coefficient (Wildman–Crippen LogP) is 1.81. The maximum Gasteiger partial charge on any atom is 0.251 e. The molecule has 3 N–H and O–H groups in total. The Hall–Kier alpha value is -1.75. The van der Waals surface area contributed by atoms with Crippen molar-refractivity contribution in [3.05, 3.63) is 23.8 Å². The summed E-state index contributed by atoms with van der Waals surface area (Å²) in [5.74, 6) is 1.48. The highest BCUT2D eigenvalue weighted by molar-refractivity contribution is 5.95. The molecule has 1 amide bonds. The highest BCUT2D eigenvalue weighted by atomic mass is 16.5. The fourth-order valence-corrected chi connectivity index (χ4v) is 1.99. The maximum absolute atomic E-state index is 12.3. The van der Waals surface area contributed by atoms with E-state index >= 15 is 0 Å². The standard InChI is InChI=1S/C15H24N2O3/c1-10(2)5-12(9-16)17-15(18)11-6-13(19-3)8-14(7-11)20-4/h6-8,10,12H,5,9,16H2,1-4H3,(H,17,18). The maximum atomic E-state index is 12.3. The third-order valence-corrected chi connectivity index (χ3v) is 2.99. The van der Waals surface area contributed by atoms with Crippen molar-refractivity contribution in [3.63, 3.8) is 0 Å². The van der Waals surface area contributed by atoms with Gasteiger partial charge in [0.25, 0.3) is 5.91 Å². The van der Waals surface area contributed by atoms with Crippen LogP contribution in [0.25, 0.3) is 0 Å². The second-order valence-electron chi connectivity index (χ2n) is 5.14. The van der Waals surface area contributed by atoms with Crippen molar-refractivity contribution in [3.8, 4) is 11.5 Å². The zero-order valence-electron chi connectivity index (χ0n) is 12.6. The lowest BCUT2D eigenvalue weighted by Gasteiger charge is -2.19. The molecule has 0 saturated heterocycles. The summed E-state index contributed by atoms with van der Waals surface area (Å²) in [6.45, 7) is 4.62. The van der Waals surface area contributed by atoms with E-state index in [9.17, 15) is 4.79 Å². The van der Waals surface area contributed by atoms with Gasteiger partial charge in [-0.2, -0.15) is 0 Å². The summed E-state index contributed by atoms with van der Waals surface area (Å²) in [4.78, 5) is 12.3. The minimum absolute atomic E-state index is 0.0281. The molecule has 0 spiro atoms. The first-order valence-corrected chi connectivity index (χ1v) is 6.74. The normalized spacial score (nSPS) is 12.1. The third-order valence-electron chi connectivity index (χ3n) is 2.99. The molecule has 0 heterocycles. The van der Waals surface area contributed by atoms with E-state index in [-0.39, 0.29) is 11.9 Å². The summed E-state index contributed by atoms with van der Waals surface area (Å²) in [6, 6.07) is 5.06. The smallest absolute Gasteiger partial charge is 0.251 e. The molecule has 1 rings (SSSR count). The van der Waals surface area contributed by atoms with Crippen LogP contribution in [0.3, 0.4) is 0 Å². The lowest BCUT2D eigenvalue weighted by molar-refractivity contribution is 0.0933. The number of hydrogen-bond donors (Lipinski definition) is 2. The molecule has 0 saturated carbocycles. The molecule has 1 aromatic carbocycles. The number of hydrogen-bond acceptors (Lipinski definition) is 4. The van der Waals surface area contributed by atoms with Crippen molar-refractivity contribution in [2.75, 3.05) is 20.8 Å². The first-order valence-electron chi connectivity index (χ1n) is 6.74. The molecule has 0 aliphatic carbocycles. The number of nitrogens with two attached hydrogens (primary N) is 1. The minimum Gasteiger partial charge on any atom is -0.497 e. The van der Waals surface area contributed by atoms with Crippen LogP contribution in [0.5, 0.6) is 11.5 Å². The summed E-state index contributed by atoms with van der Waals surface area (Å²) < 4.78 is 10.3. The SMILES string of the molecule is COc1cc(OC)cc(C(=O)NC(CN)CC(C)C)c1. The van der Waals surface area contributed by atoms with Crippen LogP contribution in [0.1, 0.15) is 30.6 Å². The van der Waals surface area contributed by atoms with Crippen LogP contribution in [-0.2, 0) is 0 Å². The number of rotatable bonds is 7. The monoisotopic (exact) mass is 280 g/mol. The van der Waals surface area contributed by atoms with Gasteiger partial charge >= 0.3 is 0 Å². The minimum atomic E-state index is -0.168. The number of amides is 1. The van der Waals surface area contributed by atoms with Gasteiger partial charge in [-0.05, 0) is 24.5 Å². The number of nitrogens with one attached hydrogen (secondary N) is 1. The molecular formula is C15H24N2O3. The second-order valence-corrected chi connectivity index (χ2v) is 5.14. The molecule has 5 nitrogen and oxygen atoms in total. The van der Waals surface area contributed by atoms with Crippen LogP contribution >= 0.6 is 0 Å². The molecular weight excluding hydrogens is 256 g/mol. The van der Waals surface area contributed by atoms with Crippen LogP contribution in [0.4, 0.5) is 0 Å². The average Bonchev–Trinajstić information content (AvgIpc) is 2.45. The Bertz CT molecular complexity index is 424. The Morgan fingerprint density at radius 1 is 1.20 bits per heavy atom. The lowest BCUT2D eigenvalue weighted by atomic mass is 10.0. The number of methoxy groups -OCH3 is 2. The van der Waals surface area contributed by atoms with Crippen molar-refractivity contribution >= 4 is 5.91 Å². The van der Waals surface area contributed by atoms with Gasteiger partial charge in [-0.25, -0.2) is 0 Å². The van der Waals surface area contributed by atoms with E-state index in [4.69, 9.17) is 15.2 Å². The van der Waals surface area contributed by atoms with Gasteiger partial charge in [0.1, 0.15) is 11.5 Å². The van der Waals surface area contributed by atoms with Gasteiger partial charge < -0.3 is 20.5 Å². The van der Waals surface area contributed by atoms with Crippen LogP contribution < -0.4 is 20.5 Å². The lowest BCUT2D eigenvalue weighted by Crippen LogP contribution is -2.41. The molecule has 0 bridgehead atoms. The zero-order valence-corrected chi connectivity index (χ0v) is 12.6. The Morgan fingerprint density at radius 2 is 1.75 bits per heavy atom. The largest absolute Gasteiger partial charge is 0.497 e. The van der Waals surface area contributed by atoms with Crippen LogP contribution in [0.2, 0.25) is 0 Å². The second kappa shape index (κ2) is 7.75. The van der Waals surface area contributed by atoms with Crippen LogP contribution in [0.15, 0.2) is 18.2 Å². The molecule has 0 radical (unpaired) electrons. The Kier molecular flexibility index (Phi) is 6.31. The molecule has 1 aromatic rings. The quantitative estimate of drug-likeness (QED) is 0.799. The summed E-state index contributed by atoms with van der Waals surface area (Å²) in [5, 5.41) is 2.94. The van der Waals surface area contributed by atoms with Gasteiger partial charge in [0.05, 0.1) is 14.2 Å². The Morgan fingerprint density at radius 3 is 2.15 bits per heavy atom. The molecule has 0 aliphatic rings. The Labute approximate surface area is 120 Å². The van der Waals surface area contributed by atoms with E-state index in [0.717, 1.165) is 6.42 Å². The molecule has 0 fully saturated rings. The molecule has 20 heavy (non-hydrogen) atoms. The highest BCUT2D eigenvalue weighted by Crippen LogP contribution is 2.22. The fraction of sp³-hybridized carbons (Fsp3) is 0.533. The number of carbonyl (C=O) groups excluding carboxylic acids is 1. The summed E-state index contributed by atoms with van der Waals surface area (Å²) in [5.41, 5.74) is 6.20. The molecule has 0 aliphatic heterocycles. The predicted molar refractivity (Wildman–Crippen MR) is 79.3 cm³/mol. The summed E-state index contributed by atoms with van der Waals surface area (Å²) in [7, 11) is 3.11. The van der Waals surface area contributed by atoms with E-state index in [0.29, 0.717) is 29.5 Å². The van der Waals surface area contributed by atoms with Gasteiger partial charge in [0, 0.05) is 24.2 Å². The molecule has 0 aromatic heterocycles.